The van der Waals surface area contributed by atoms with Crippen molar-refractivity contribution in [3.63, 3.8) is 0 Å². The molecule has 0 unspecified atom stereocenters. The van der Waals surface area contributed by atoms with Gasteiger partial charge in [-0.1, -0.05) is 297 Å². The van der Waals surface area contributed by atoms with Crippen LogP contribution in [0.4, 0.5) is 0 Å². The normalized spacial score (nSPS) is 11.6. The second-order valence-electron chi connectivity index (χ2n) is 26.4. The van der Waals surface area contributed by atoms with Gasteiger partial charge in [0, 0.05) is 118 Å². The smallest absolute Gasteiger partial charge is 0.164 e. The van der Waals surface area contributed by atoms with Crippen molar-refractivity contribution in [3.05, 3.63) is 364 Å². The number of fused-ring (bicyclic) bond motifs is 12. The van der Waals surface area contributed by atoms with E-state index in [4.69, 9.17) is 29.9 Å². The molecule has 0 bridgehead atoms. The lowest BCUT2D eigenvalue weighted by molar-refractivity contribution is 1.07. The summed E-state index contributed by atoms with van der Waals surface area (Å²) in [5.41, 5.74) is 19.7. The number of para-hydroxylation sites is 2. The molecule has 0 saturated heterocycles. The SMILES string of the molecule is c1ccc(-c2nc(-c3ccccc3)nc(-c3cccc(-c4cccc(-n5c6ccccc6c6c(-c7cccc8c7sc7ccccc78)cccc65)c4)c3)n2)cc1.c1ccc(-c2nc(-c3ccccc3)nc(-c3cccc(-n4c5ccccc5c5c(-c6cccc7c6sc6ccccc67)cccc54)c3)n2)cc1. The second-order valence-corrected chi connectivity index (χ2v) is 28.5. The van der Waals surface area contributed by atoms with E-state index in [1.165, 1.54) is 95.2 Å². The number of benzene rings is 15. The van der Waals surface area contributed by atoms with Gasteiger partial charge in [0.2, 0.25) is 0 Å². The van der Waals surface area contributed by atoms with E-state index < -0.39 is 0 Å². The minimum atomic E-state index is 0.637. The summed E-state index contributed by atoms with van der Waals surface area (Å²) in [5.74, 6) is 3.87. The van der Waals surface area contributed by atoms with Gasteiger partial charge in [0.05, 0.1) is 22.1 Å². The molecule has 0 spiro atoms. The third-order valence-electron chi connectivity index (χ3n) is 20.1. The molecule has 0 N–H and O–H groups in total. The fourth-order valence-corrected chi connectivity index (χ4v) is 17.7. The Morgan fingerprint density at radius 2 is 0.462 bits per heavy atom. The molecule has 10 heteroatoms. The van der Waals surface area contributed by atoms with Gasteiger partial charge in [0.25, 0.3) is 0 Å². The Hall–Kier alpha value is -13.6. The van der Waals surface area contributed by atoms with Crippen LogP contribution in [0.3, 0.4) is 0 Å². The highest BCUT2D eigenvalue weighted by Crippen LogP contribution is 2.48. The minimum absolute atomic E-state index is 0.637. The summed E-state index contributed by atoms with van der Waals surface area (Å²) in [6.45, 7) is 0. The second kappa shape index (κ2) is 26.3. The van der Waals surface area contributed by atoms with E-state index in [9.17, 15) is 0 Å². The first kappa shape index (κ1) is 62.2. The average molecular weight is 1390 g/mol. The summed E-state index contributed by atoms with van der Waals surface area (Å²) in [6, 6.07) is 128. The maximum absolute atomic E-state index is 5.02. The van der Waals surface area contributed by atoms with Crippen LogP contribution in [0.25, 0.3) is 197 Å². The standard InChI is InChI=1S/C51H32N4S.C45H28N4S/c1-3-15-33(16-4-1)49-52-50(34-17-5-2-6-18-34)54-51(53-49)37-21-11-19-35(31-37)36-20-12-22-38(32-36)55-44-28-9-7-24-43(44)47-40(25-14-29-45(47)55)42-27-13-26-41-39-23-8-10-30-46(39)56-48(41)42;1-3-14-29(15-4-1)43-46-44(30-16-5-2-6-17-30)48-45(47-43)31-18-11-19-32(28-31)49-38-25-9-7-21-37(38)41-34(22-13-26-39(41)49)36-24-12-23-35-33-20-8-10-27-40(33)50-42(35)36/h1-32H;1-28H. The summed E-state index contributed by atoms with van der Waals surface area (Å²) >= 11 is 3.75. The third kappa shape index (κ3) is 11.0. The summed E-state index contributed by atoms with van der Waals surface area (Å²) in [5, 5.41) is 10.2. The zero-order valence-electron chi connectivity index (χ0n) is 57.0. The van der Waals surface area contributed by atoms with E-state index in [-0.39, 0.29) is 0 Å². The molecule has 0 aliphatic heterocycles. The monoisotopic (exact) mass is 1390 g/mol. The lowest BCUT2D eigenvalue weighted by Gasteiger charge is -2.12. The van der Waals surface area contributed by atoms with Crippen molar-refractivity contribution in [1.82, 2.24) is 39.0 Å². The summed E-state index contributed by atoms with van der Waals surface area (Å²) in [4.78, 5) is 29.8. The molecular weight excluding hydrogens is 1330 g/mol. The van der Waals surface area contributed by atoms with Crippen LogP contribution in [-0.4, -0.2) is 39.0 Å². The van der Waals surface area contributed by atoms with E-state index in [0.29, 0.717) is 34.9 Å². The molecule has 0 atom stereocenters. The van der Waals surface area contributed by atoms with Gasteiger partial charge >= 0.3 is 0 Å². The van der Waals surface area contributed by atoms with Gasteiger partial charge in [-0.3, -0.25) is 0 Å². The molecule has 21 rings (SSSR count). The van der Waals surface area contributed by atoms with Gasteiger partial charge < -0.3 is 9.13 Å². The van der Waals surface area contributed by atoms with Crippen molar-refractivity contribution in [2.24, 2.45) is 0 Å². The Balaban J connectivity index is 0.000000141. The van der Waals surface area contributed by atoms with Gasteiger partial charge in [0.15, 0.2) is 34.9 Å². The number of thiophene rings is 2. The number of hydrogen-bond donors (Lipinski definition) is 0. The Bertz CT molecular complexity index is 6850. The molecule has 496 valence electrons. The number of hydrogen-bond acceptors (Lipinski definition) is 8. The van der Waals surface area contributed by atoms with Gasteiger partial charge in [-0.05, 0) is 89.0 Å². The molecule has 0 aliphatic carbocycles. The Kier molecular flexibility index (Phi) is 15.4. The van der Waals surface area contributed by atoms with Gasteiger partial charge in [-0.15, -0.1) is 22.7 Å². The molecule has 8 nitrogen and oxygen atoms in total. The van der Waals surface area contributed by atoms with Crippen LogP contribution in [0.2, 0.25) is 0 Å². The van der Waals surface area contributed by atoms with Crippen molar-refractivity contribution >= 4 is 107 Å². The topological polar surface area (TPSA) is 87.2 Å². The number of rotatable bonds is 11. The van der Waals surface area contributed by atoms with E-state index >= 15 is 0 Å². The van der Waals surface area contributed by atoms with Crippen LogP contribution in [0, 0.1) is 0 Å². The first-order chi connectivity index (χ1) is 52.6. The molecule has 6 aromatic heterocycles. The van der Waals surface area contributed by atoms with Crippen LogP contribution in [0.1, 0.15) is 0 Å². The Morgan fingerprint density at radius 1 is 0.189 bits per heavy atom. The molecular formula is C96H60N8S2. The first-order valence-electron chi connectivity index (χ1n) is 35.5. The summed E-state index contributed by atoms with van der Waals surface area (Å²) < 4.78 is 10.1. The van der Waals surface area contributed by atoms with Crippen LogP contribution in [-0.2, 0) is 0 Å². The molecule has 0 amide bonds. The molecule has 15 aromatic carbocycles. The van der Waals surface area contributed by atoms with E-state index in [0.717, 1.165) is 66.9 Å². The fourth-order valence-electron chi connectivity index (χ4n) is 15.3. The van der Waals surface area contributed by atoms with Crippen molar-refractivity contribution < 1.29 is 0 Å². The lowest BCUT2D eigenvalue weighted by atomic mass is 9.98. The van der Waals surface area contributed by atoms with Crippen molar-refractivity contribution in [3.8, 4) is 113 Å². The van der Waals surface area contributed by atoms with Gasteiger partial charge in [-0.25, -0.2) is 29.9 Å². The predicted octanol–water partition coefficient (Wildman–Crippen LogP) is 25.7. The van der Waals surface area contributed by atoms with Crippen molar-refractivity contribution in [2.45, 2.75) is 0 Å². The molecule has 6 heterocycles. The number of nitrogens with zero attached hydrogens (tertiary/aromatic N) is 8. The Labute approximate surface area is 618 Å². The summed E-state index contributed by atoms with van der Waals surface area (Å²) in [7, 11) is 0. The van der Waals surface area contributed by atoms with E-state index in [1.807, 2.05) is 144 Å². The molecule has 0 saturated carbocycles. The van der Waals surface area contributed by atoms with Gasteiger partial charge in [-0.2, -0.15) is 0 Å². The van der Waals surface area contributed by atoms with E-state index in [2.05, 4.69) is 252 Å². The zero-order valence-corrected chi connectivity index (χ0v) is 58.7. The fraction of sp³-hybridized carbons (Fsp3) is 0. The van der Waals surface area contributed by atoms with Gasteiger partial charge in [0.1, 0.15) is 0 Å². The highest BCUT2D eigenvalue weighted by atomic mass is 32.1. The zero-order chi connectivity index (χ0) is 70.0. The molecule has 106 heavy (non-hydrogen) atoms. The van der Waals surface area contributed by atoms with Crippen LogP contribution >= 0.6 is 22.7 Å². The minimum Gasteiger partial charge on any atom is -0.309 e. The largest absolute Gasteiger partial charge is 0.309 e. The number of aromatic nitrogens is 8. The summed E-state index contributed by atoms with van der Waals surface area (Å²) in [6.07, 6.45) is 0. The quantitative estimate of drug-likeness (QED) is 0.128. The lowest BCUT2D eigenvalue weighted by Crippen LogP contribution is -2.01. The van der Waals surface area contributed by atoms with Crippen LogP contribution in [0.15, 0.2) is 364 Å². The molecule has 0 fully saturated rings. The predicted molar refractivity (Wildman–Crippen MR) is 443 cm³/mol. The van der Waals surface area contributed by atoms with Crippen molar-refractivity contribution in [2.75, 3.05) is 0 Å². The Morgan fingerprint density at radius 3 is 0.887 bits per heavy atom. The van der Waals surface area contributed by atoms with Crippen LogP contribution < -0.4 is 0 Å². The van der Waals surface area contributed by atoms with E-state index in [1.54, 1.807) is 0 Å². The van der Waals surface area contributed by atoms with Crippen LogP contribution in [0.5, 0.6) is 0 Å². The maximum atomic E-state index is 5.02. The average Bonchev–Trinajstić information content (AvgIpc) is 1.57. The van der Waals surface area contributed by atoms with Crippen molar-refractivity contribution in [1.29, 1.82) is 0 Å². The first-order valence-corrected chi connectivity index (χ1v) is 37.1. The molecule has 21 aromatic rings. The third-order valence-corrected chi connectivity index (χ3v) is 22.5. The highest BCUT2D eigenvalue weighted by molar-refractivity contribution is 7.26. The molecule has 0 aliphatic rings. The maximum Gasteiger partial charge on any atom is 0.164 e. The molecule has 0 radical (unpaired) electrons. The highest BCUT2D eigenvalue weighted by Gasteiger charge is 2.23.